The Labute approximate surface area is 144 Å². The summed E-state index contributed by atoms with van der Waals surface area (Å²) in [6, 6.07) is 0. The summed E-state index contributed by atoms with van der Waals surface area (Å²) in [7, 11) is -2.86. The molecule has 2 saturated carbocycles. The molecule has 1 heterocycles. The van der Waals surface area contributed by atoms with Gasteiger partial charge in [0, 0.05) is 17.5 Å². The van der Waals surface area contributed by atoms with E-state index in [2.05, 4.69) is 44.4 Å². The van der Waals surface area contributed by atoms with Crippen LogP contribution in [0.25, 0.3) is 0 Å². The minimum absolute atomic E-state index is 0.331. The van der Waals surface area contributed by atoms with E-state index in [0.29, 0.717) is 11.2 Å². The molecule has 0 amide bonds. The van der Waals surface area contributed by atoms with Crippen LogP contribution in [0.5, 0.6) is 0 Å². The Morgan fingerprint density at radius 1 is 1.04 bits per heavy atom. The number of nitrogens with one attached hydrogen (secondary N) is 1. The van der Waals surface area contributed by atoms with Gasteiger partial charge in [-0.3, -0.25) is 4.98 Å². The molecule has 138 valence electrons. The molecule has 0 aliphatic heterocycles. The second-order valence-electron chi connectivity index (χ2n) is 7.15. The lowest BCUT2D eigenvalue weighted by Crippen LogP contribution is -2.67. The standard InChI is InChI=1S/C16H27N2P.BF4/c1-13(19)16(14-6-2-3-7-14,15-8-4-5-9-15)18-11-10-17-12-18;2-1(3,4)5/h10-15H,2-9,19H2,1H3;/q;-1/p+1. The summed E-state index contributed by atoms with van der Waals surface area (Å²) in [5.41, 5.74) is 0.969. The van der Waals surface area contributed by atoms with E-state index in [1.54, 1.807) is 0 Å². The van der Waals surface area contributed by atoms with E-state index in [9.17, 15) is 17.3 Å². The summed E-state index contributed by atoms with van der Waals surface area (Å²) in [5, 5.41) is 0. The minimum atomic E-state index is -6.00. The number of imidazole rings is 1. The van der Waals surface area contributed by atoms with E-state index in [4.69, 9.17) is 0 Å². The lowest BCUT2D eigenvalue weighted by molar-refractivity contribution is -0.779. The van der Waals surface area contributed by atoms with Crippen molar-refractivity contribution in [2.75, 3.05) is 0 Å². The summed E-state index contributed by atoms with van der Waals surface area (Å²) < 4.78 is 41.5. The SMILES string of the molecule is CC(P)C(C1CCCC1)(C1CCCC1)[n+]1cc[nH]c1.F[B-](F)(F)F. The number of aromatic nitrogens is 2. The molecule has 0 saturated heterocycles. The van der Waals surface area contributed by atoms with Crippen LogP contribution in [-0.4, -0.2) is 17.9 Å². The van der Waals surface area contributed by atoms with Crippen LogP contribution in [0.4, 0.5) is 17.3 Å². The first-order valence-electron chi connectivity index (χ1n) is 8.93. The molecule has 2 atom stereocenters. The van der Waals surface area contributed by atoms with Gasteiger partial charge in [0.05, 0.1) is 0 Å². The maximum atomic E-state index is 9.75. The van der Waals surface area contributed by atoms with Crippen LogP contribution in [0, 0.1) is 11.8 Å². The highest BCUT2D eigenvalue weighted by Gasteiger charge is 2.53. The molecule has 2 fully saturated rings. The first-order valence-corrected chi connectivity index (χ1v) is 9.60. The van der Waals surface area contributed by atoms with Gasteiger partial charge >= 0.3 is 7.25 Å². The highest BCUT2D eigenvalue weighted by Crippen LogP contribution is 2.49. The van der Waals surface area contributed by atoms with E-state index in [0.717, 1.165) is 11.8 Å². The van der Waals surface area contributed by atoms with Gasteiger partial charge in [-0.25, -0.2) is 4.57 Å². The smallest absolute Gasteiger partial charge is 0.418 e. The van der Waals surface area contributed by atoms with Crippen LogP contribution in [0.3, 0.4) is 0 Å². The van der Waals surface area contributed by atoms with Gasteiger partial charge < -0.3 is 17.3 Å². The zero-order chi connectivity index (χ0) is 17.8. The lowest BCUT2D eigenvalue weighted by Gasteiger charge is -2.44. The molecule has 8 heteroatoms. The van der Waals surface area contributed by atoms with E-state index < -0.39 is 7.25 Å². The fourth-order valence-corrected chi connectivity index (χ4v) is 5.76. The van der Waals surface area contributed by atoms with Crippen LogP contribution in [0.1, 0.15) is 58.3 Å². The van der Waals surface area contributed by atoms with Crippen molar-refractivity contribution >= 4 is 16.5 Å². The predicted molar refractivity (Wildman–Crippen MR) is 92.2 cm³/mol. The van der Waals surface area contributed by atoms with E-state index in [1.165, 1.54) is 51.4 Å². The van der Waals surface area contributed by atoms with Crippen molar-refractivity contribution in [1.82, 2.24) is 4.98 Å². The third-order valence-corrected chi connectivity index (χ3v) is 6.27. The number of aromatic amines is 1. The molecule has 0 spiro atoms. The molecule has 0 aromatic carbocycles. The molecule has 2 nitrogen and oxygen atoms in total. The molecule has 1 N–H and O–H groups in total. The quantitative estimate of drug-likeness (QED) is 0.337. The summed E-state index contributed by atoms with van der Waals surface area (Å²) >= 11 is 0. The molecule has 2 aliphatic carbocycles. The molecule has 1 aromatic heterocycles. The summed E-state index contributed by atoms with van der Waals surface area (Å²) in [5.74, 6) is 1.73. The highest BCUT2D eigenvalue weighted by molar-refractivity contribution is 7.17. The van der Waals surface area contributed by atoms with E-state index in [-0.39, 0.29) is 0 Å². The van der Waals surface area contributed by atoms with Gasteiger partial charge in [-0.05, 0) is 25.7 Å². The van der Waals surface area contributed by atoms with Crippen molar-refractivity contribution in [3.05, 3.63) is 18.7 Å². The molecule has 24 heavy (non-hydrogen) atoms. The largest absolute Gasteiger partial charge is 0.673 e. The van der Waals surface area contributed by atoms with Crippen molar-refractivity contribution in [3.63, 3.8) is 0 Å². The number of nitrogens with zero attached hydrogens (tertiary/aromatic N) is 1. The predicted octanol–water partition coefficient (Wildman–Crippen LogP) is 4.94. The van der Waals surface area contributed by atoms with Crippen molar-refractivity contribution in [2.45, 2.75) is 69.5 Å². The van der Waals surface area contributed by atoms with Crippen LogP contribution in [0.15, 0.2) is 18.7 Å². The van der Waals surface area contributed by atoms with Crippen molar-refractivity contribution < 1.29 is 21.8 Å². The topological polar surface area (TPSA) is 19.7 Å². The number of rotatable bonds is 4. The van der Waals surface area contributed by atoms with E-state index in [1.807, 2.05) is 0 Å². The third-order valence-electron chi connectivity index (χ3n) is 5.74. The Kier molecular flexibility index (Phi) is 6.75. The van der Waals surface area contributed by atoms with Crippen LogP contribution in [0.2, 0.25) is 0 Å². The average Bonchev–Trinajstić information content (AvgIpc) is 3.23. The van der Waals surface area contributed by atoms with Gasteiger partial charge in [-0.2, -0.15) is 0 Å². The Balaban J connectivity index is 0.000000368. The van der Waals surface area contributed by atoms with Gasteiger partial charge in [-0.15, -0.1) is 9.24 Å². The van der Waals surface area contributed by atoms with Gasteiger partial charge in [0.25, 0.3) is 0 Å². The van der Waals surface area contributed by atoms with Crippen molar-refractivity contribution in [2.24, 2.45) is 11.8 Å². The van der Waals surface area contributed by atoms with Gasteiger partial charge in [0.15, 0.2) is 0 Å². The molecular formula is C16H28BF4N2P. The van der Waals surface area contributed by atoms with Crippen LogP contribution in [-0.2, 0) is 5.54 Å². The fourth-order valence-electron chi connectivity index (χ4n) is 5.04. The second-order valence-corrected chi connectivity index (χ2v) is 8.15. The number of hydrogen-bond donors (Lipinski definition) is 1. The fraction of sp³-hybridized carbons (Fsp3) is 0.812. The van der Waals surface area contributed by atoms with E-state index >= 15 is 0 Å². The zero-order valence-corrected chi connectivity index (χ0v) is 15.4. The maximum Gasteiger partial charge on any atom is 0.673 e. The molecule has 2 aliphatic rings. The first kappa shape index (κ1) is 19.7. The maximum absolute atomic E-state index is 9.75. The van der Waals surface area contributed by atoms with Crippen molar-refractivity contribution in [1.29, 1.82) is 0 Å². The molecule has 3 rings (SSSR count). The molecular weight excluding hydrogens is 338 g/mol. The van der Waals surface area contributed by atoms with Crippen molar-refractivity contribution in [3.8, 4) is 0 Å². The Morgan fingerprint density at radius 2 is 1.46 bits per heavy atom. The zero-order valence-electron chi connectivity index (χ0n) is 14.2. The monoisotopic (exact) mass is 366 g/mol. The van der Waals surface area contributed by atoms with Gasteiger partial charge in [-0.1, -0.05) is 32.6 Å². The third kappa shape index (κ3) is 4.53. The Bertz CT molecular complexity index is 459. The normalized spacial score (nSPS) is 21.6. The highest BCUT2D eigenvalue weighted by atomic mass is 31.0. The van der Waals surface area contributed by atoms with Crippen LogP contribution < -0.4 is 4.57 Å². The average molecular weight is 366 g/mol. The Morgan fingerprint density at radius 3 is 1.75 bits per heavy atom. The number of halogens is 4. The molecule has 2 unspecified atom stereocenters. The molecule has 0 bridgehead atoms. The number of H-pyrrole nitrogens is 1. The first-order chi connectivity index (χ1) is 11.3. The summed E-state index contributed by atoms with van der Waals surface area (Å²) in [6.45, 7) is 2.42. The molecule has 0 radical (unpaired) electrons. The minimum Gasteiger partial charge on any atom is -0.418 e. The summed E-state index contributed by atoms with van der Waals surface area (Å²) in [6.07, 6.45) is 18.0. The Hall–Kier alpha value is -0.575. The van der Waals surface area contributed by atoms with Gasteiger partial charge in [0.1, 0.15) is 17.9 Å². The van der Waals surface area contributed by atoms with Crippen LogP contribution >= 0.6 is 9.24 Å². The summed E-state index contributed by atoms with van der Waals surface area (Å²) in [4.78, 5) is 3.29. The lowest BCUT2D eigenvalue weighted by atomic mass is 9.69. The molecule has 1 aromatic rings. The number of hydrogen-bond acceptors (Lipinski definition) is 0. The second kappa shape index (κ2) is 8.20. The van der Waals surface area contributed by atoms with Gasteiger partial charge in [0.2, 0.25) is 6.33 Å².